The number of aliphatic carboxylic acids is 1. The highest BCUT2D eigenvalue weighted by Gasteiger charge is 2.04. The molecule has 106 valence electrons. The zero-order valence-electron chi connectivity index (χ0n) is 11.6. The Morgan fingerprint density at radius 1 is 1.16 bits per heavy atom. The number of carboxylic acids is 1. The van der Waals surface area contributed by atoms with Crippen molar-refractivity contribution in [3.8, 4) is 0 Å². The molecule has 0 amide bonds. The molecule has 0 saturated heterocycles. The molecule has 1 rings (SSSR count). The smallest absolute Gasteiger partial charge is 0.303 e. The van der Waals surface area contributed by atoms with E-state index in [2.05, 4.69) is 6.92 Å². The molecule has 0 radical (unpaired) electrons. The minimum atomic E-state index is -0.738. The van der Waals surface area contributed by atoms with Gasteiger partial charge in [-0.15, -0.1) is 0 Å². The summed E-state index contributed by atoms with van der Waals surface area (Å²) >= 11 is 0. The number of carbonyl (C=O) groups is 1. The van der Waals surface area contributed by atoms with Crippen LogP contribution in [0.4, 0.5) is 4.39 Å². The summed E-state index contributed by atoms with van der Waals surface area (Å²) in [6.07, 6.45) is 6.55. The lowest BCUT2D eigenvalue weighted by Crippen LogP contribution is -1.96. The largest absolute Gasteiger partial charge is 0.481 e. The van der Waals surface area contributed by atoms with E-state index in [1.54, 1.807) is 6.07 Å². The Bertz CT molecular complexity index is 402. The molecule has 0 aliphatic rings. The molecule has 0 aliphatic carbocycles. The third-order valence-electron chi connectivity index (χ3n) is 3.24. The predicted octanol–water partition coefficient (Wildman–Crippen LogP) is 4.36. The number of carboxylic acid groups (broad SMARTS) is 1. The molecule has 0 fully saturated rings. The van der Waals surface area contributed by atoms with Gasteiger partial charge in [0.15, 0.2) is 0 Å². The van der Waals surface area contributed by atoms with Crippen molar-refractivity contribution in [3.05, 3.63) is 35.1 Å². The Balaban J connectivity index is 2.31. The first-order valence-electron chi connectivity index (χ1n) is 7.12. The van der Waals surface area contributed by atoms with Crippen LogP contribution in [-0.2, 0) is 17.6 Å². The fraction of sp³-hybridized carbons (Fsp3) is 0.562. The van der Waals surface area contributed by atoms with Crippen LogP contribution in [-0.4, -0.2) is 11.1 Å². The molecule has 0 saturated carbocycles. The van der Waals surface area contributed by atoms with E-state index in [0.717, 1.165) is 44.1 Å². The maximum absolute atomic E-state index is 13.6. The van der Waals surface area contributed by atoms with Crippen LogP contribution in [0, 0.1) is 5.82 Å². The standard InChI is InChI=1S/C16H23FO2/c1-2-7-13-10-11-15(17)14(12-13)8-5-3-4-6-9-16(18)19/h10-12H,2-9H2,1H3,(H,18,19). The Morgan fingerprint density at radius 3 is 2.58 bits per heavy atom. The van der Waals surface area contributed by atoms with Gasteiger partial charge in [-0.1, -0.05) is 38.3 Å². The summed E-state index contributed by atoms with van der Waals surface area (Å²) in [4.78, 5) is 10.3. The average Bonchev–Trinajstić information content (AvgIpc) is 2.37. The van der Waals surface area contributed by atoms with Gasteiger partial charge in [-0.25, -0.2) is 4.39 Å². The first-order valence-corrected chi connectivity index (χ1v) is 7.12. The number of benzene rings is 1. The number of hydrogen-bond acceptors (Lipinski definition) is 1. The molecule has 0 aromatic heterocycles. The van der Waals surface area contributed by atoms with Gasteiger partial charge in [0.2, 0.25) is 0 Å². The van der Waals surface area contributed by atoms with Gasteiger partial charge in [0.1, 0.15) is 5.82 Å². The average molecular weight is 266 g/mol. The van der Waals surface area contributed by atoms with Crippen molar-refractivity contribution >= 4 is 5.97 Å². The summed E-state index contributed by atoms with van der Waals surface area (Å²) in [6, 6.07) is 5.38. The number of halogens is 1. The van der Waals surface area contributed by atoms with Crippen molar-refractivity contribution in [2.24, 2.45) is 0 Å². The summed E-state index contributed by atoms with van der Waals surface area (Å²) in [5, 5.41) is 8.52. The molecule has 1 aromatic carbocycles. The number of aryl methyl sites for hydroxylation is 2. The van der Waals surface area contributed by atoms with E-state index in [1.807, 2.05) is 12.1 Å². The molecule has 0 spiro atoms. The SMILES string of the molecule is CCCc1ccc(F)c(CCCCCCC(=O)O)c1. The normalized spacial score (nSPS) is 10.6. The third kappa shape index (κ3) is 6.37. The lowest BCUT2D eigenvalue weighted by Gasteiger charge is -2.06. The van der Waals surface area contributed by atoms with Gasteiger partial charge in [-0.2, -0.15) is 0 Å². The highest BCUT2D eigenvalue weighted by atomic mass is 19.1. The van der Waals surface area contributed by atoms with Crippen LogP contribution >= 0.6 is 0 Å². The minimum Gasteiger partial charge on any atom is -0.481 e. The minimum absolute atomic E-state index is 0.120. The Morgan fingerprint density at radius 2 is 1.89 bits per heavy atom. The summed E-state index contributed by atoms with van der Waals surface area (Å²) in [6.45, 7) is 2.12. The summed E-state index contributed by atoms with van der Waals surface area (Å²) < 4.78 is 13.6. The lowest BCUT2D eigenvalue weighted by molar-refractivity contribution is -0.137. The summed E-state index contributed by atoms with van der Waals surface area (Å²) in [7, 11) is 0. The van der Waals surface area contributed by atoms with Crippen LogP contribution in [0.5, 0.6) is 0 Å². The second-order valence-corrected chi connectivity index (χ2v) is 4.98. The van der Waals surface area contributed by atoms with E-state index in [-0.39, 0.29) is 12.2 Å². The maximum Gasteiger partial charge on any atom is 0.303 e. The molecule has 0 bridgehead atoms. The third-order valence-corrected chi connectivity index (χ3v) is 3.24. The molecule has 0 unspecified atom stereocenters. The molecular formula is C16H23FO2. The van der Waals surface area contributed by atoms with Crippen LogP contribution in [0.2, 0.25) is 0 Å². The van der Waals surface area contributed by atoms with Gasteiger partial charge in [0, 0.05) is 6.42 Å². The molecule has 2 nitrogen and oxygen atoms in total. The number of unbranched alkanes of at least 4 members (excludes halogenated alkanes) is 3. The molecule has 0 heterocycles. The van der Waals surface area contributed by atoms with Crippen LogP contribution in [0.1, 0.15) is 56.6 Å². The first kappa shape index (κ1) is 15.7. The topological polar surface area (TPSA) is 37.3 Å². The molecule has 19 heavy (non-hydrogen) atoms. The van der Waals surface area contributed by atoms with E-state index >= 15 is 0 Å². The fourth-order valence-corrected chi connectivity index (χ4v) is 2.21. The second-order valence-electron chi connectivity index (χ2n) is 4.98. The predicted molar refractivity (Wildman–Crippen MR) is 74.8 cm³/mol. The van der Waals surface area contributed by atoms with Gasteiger partial charge in [0.25, 0.3) is 0 Å². The van der Waals surface area contributed by atoms with Crippen LogP contribution in [0.15, 0.2) is 18.2 Å². The monoisotopic (exact) mass is 266 g/mol. The lowest BCUT2D eigenvalue weighted by atomic mass is 10.0. The Hall–Kier alpha value is -1.38. The molecular weight excluding hydrogens is 243 g/mol. The zero-order valence-corrected chi connectivity index (χ0v) is 11.6. The van der Waals surface area contributed by atoms with Crippen molar-refractivity contribution in [1.82, 2.24) is 0 Å². The van der Waals surface area contributed by atoms with Crippen LogP contribution in [0.3, 0.4) is 0 Å². The van der Waals surface area contributed by atoms with Crippen molar-refractivity contribution in [2.45, 2.75) is 58.3 Å². The molecule has 1 aromatic rings. The van der Waals surface area contributed by atoms with E-state index in [9.17, 15) is 9.18 Å². The van der Waals surface area contributed by atoms with Crippen LogP contribution in [0.25, 0.3) is 0 Å². The molecule has 3 heteroatoms. The van der Waals surface area contributed by atoms with Crippen molar-refractivity contribution in [2.75, 3.05) is 0 Å². The number of hydrogen-bond donors (Lipinski definition) is 1. The quantitative estimate of drug-likeness (QED) is 0.674. The highest BCUT2D eigenvalue weighted by molar-refractivity contribution is 5.66. The zero-order chi connectivity index (χ0) is 14.1. The number of rotatable bonds is 9. The van der Waals surface area contributed by atoms with Crippen LogP contribution < -0.4 is 0 Å². The highest BCUT2D eigenvalue weighted by Crippen LogP contribution is 2.16. The van der Waals surface area contributed by atoms with Gasteiger partial charge in [0.05, 0.1) is 0 Å². The Kier molecular flexibility index (Phi) is 7.16. The second kappa shape index (κ2) is 8.68. The van der Waals surface area contributed by atoms with Crippen molar-refractivity contribution in [1.29, 1.82) is 0 Å². The van der Waals surface area contributed by atoms with Crippen molar-refractivity contribution < 1.29 is 14.3 Å². The van der Waals surface area contributed by atoms with Gasteiger partial charge < -0.3 is 5.11 Å². The van der Waals surface area contributed by atoms with E-state index in [1.165, 1.54) is 5.56 Å². The van der Waals surface area contributed by atoms with Gasteiger partial charge in [-0.3, -0.25) is 4.79 Å². The molecule has 0 atom stereocenters. The fourth-order valence-electron chi connectivity index (χ4n) is 2.21. The molecule has 0 aliphatic heterocycles. The summed E-state index contributed by atoms with van der Waals surface area (Å²) in [5.74, 6) is -0.858. The van der Waals surface area contributed by atoms with E-state index < -0.39 is 5.97 Å². The summed E-state index contributed by atoms with van der Waals surface area (Å²) in [5.41, 5.74) is 1.99. The maximum atomic E-state index is 13.6. The molecule has 1 N–H and O–H groups in total. The van der Waals surface area contributed by atoms with Crippen molar-refractivity contribution in [3.63, 3.8) is 0 Å². The van der Waals surface area contributed by atoms with Gasteiger partial charge >= 0.3 is 5.97 Å². The van der Waals surface area contributed by atoms with E-state index in [4.69, 9.17) is 5.11 Å². The van der Waals surface area contributed by atoms with Gasteiger partial charge in [-0.05, 0) is 42.9 Å². The Labute approximate surface area is 114 Å². The van der Waals surface area contributed by atoms with E-state index in [0.29, 0.717) is 6.42 Å². The first-order chi connectivity index (χ1) is 9.13.